The van der Waals surface area contributed by atoms with Crippen LogP contribution >= 0.6 is 0 Å². The number of urea groups is 1. The number of carbonyl (C=O) groups excluding carboxylic acids is 1. The Kier molecular flexibility index (Phi) is 6.32. The molecule has 3 N–H and O–H groups in total. The second-order valence-corrected chi connectivity index (χ2v) is 9.01. The van der Waals surface area contributed by atoms with Crippen molar-refractivity contribution in [2.24, 2.45) is 0 Å². The van der Waals surface area contributed by atoms with Gasteiger partial charge in [0.2, 0.25) is 5.95 Å². The number of aryl methyl sites for hydroxylation is 1. The quantitative estimate of drug-likeness (QED) is 0.387. The van der Waals surface area contributed by atoms with Crippen LogP contribution in [-0.2, 0) is 11.8 Å². The normalized spacial score (nSPS) is 11.3. The van der Waals surface area contributed by atoms with Crippen molar-refractivity contribution in [2.75, 3.05) is 10.6 Å². The summed E-state index contributed by atoms with van der Waals surface area (Å²) in [5.41, 5.74) is 3.72. The second-order valence-electron chi connectivity index (χ2n) is 9.01. The molecule has 8 nitrogen and oxygen atoms in total. The van der Waals surface area contributed by atoms with Crippen LogP contribution in [0.2, 0.25) is 0 Å². The molecule has 4 rings (SSSR count). The summed E-state index contributed by atoms with van der Waals surface area (Å²) in [4.78, 5) is 32.2. The standard InChI is InChI=1S/C26H28N6O2/c1-5-19-15-23(33)30-24(27-19)32-22(16-21(31-32)17-9-7-6-8-10-17)29-25(34)28-20-13-11-18(12-14-20)26(2,3)4/h6-16H,5H2,1-4H3,(H,27,30,33)(H2,28,29,34). The molecule has 0 aliphatic heterocycles. The van der Waals surface area contributed by atoms with E-state index >= 15 is 0 Å². The highest BCUT2D eigenvalue weighted by Crippen LogP contribution is 2.25. The summed E-state index contributed by atoms with van der Waals surface area (Å²) in [5.74, 6) is 0.607. The first-order valence-corrected chi connectivity index (χ1v) is 11.2. The van der Waals surface area contributed by atoms with Crippen LogP contribution in [0.5, 0.6) is 0 Å². The van der Waals surface area contributed by atoms with Crippen molar-refractivity contribution in [1.29, 1.82) is 0 Å². The Morgan fingerprint density at radius 2 is 1.71 bits per heavy atom. The smallest absolute Gasteiger partial charge is 0.308 e. The van der Waals surface area contributed by atoms with E-state index in [4.69, 9.17) is 0 Å². The maximum Gasteiger partial charge on any atom is 0.324 e. The van der Waals surface area contributed by atoms with Gasteiger partial charge in [-0.25, -0.2) is 9.78 Å². The fourth-order valence-corrected chi connectivity index (χ4v) is 3.49. The van der Waals surface area contributed by atoms with Crippen molar-refractivity contribution >= 4 is 17.5 Å². The molecule has 0 unspecified atom stereocenters. The average molecular weight is 457 g/mol. The minimum Gasteiger partial charge on any atom is -0.308 e. The molecule has 4 aromatic rings. The van der Waals surface area contributed by atoms with Gasteiger partial charge in [-0.15, -0.1) is 0 Å². The van der Waals surface area contributed by atoms with E-state index in [1.165, 1.54) is 16.3 Å². The van der Waals surface area contributed by atoms with Crippen molar-refractivity contribution in [3.05, 3.63) is 88.3 Å². The molecule has 0 radical (unpaired) electrons. The largest absolute Gasteiger partial charge is 0.324 e. The molecule has 8 heteroatoms. The Hall–Kier alpha value is -4.20. The van der Waals surface area contributed by atoms with Crippen LogP contribution in [0.1, 0.15) is 39.0 Å². The summed E-state index contributed by atoms with van der Waals surface area (Å²) >= 11 is 0. The van der Waals surface area contributed by atoms with Crippen LogP contribution in [0, 0.1) is 0 Å². The predicted molar refractivity (Wildman–Crippen MR) is 135 cm³/mol. The van der Waals surface area contributed by atoms with E-state index in [2.05, 4.69) is 46.5 Å². The number of carbonyl (C=O) groups is 1. The van der Waals surface area contributed by atoms with Gasteiger partial charge in [-0.2, -0.15) is 9.78 Å². The number of aromatic nitrogens is 4. The van der Waals surface area contributed by atoms with Gasteiger partial charge < -0.3 is 5.32 Å². The fourth-order valence-electron chi connectivity index (χ4n) is 3.49. The van der Waals surface area contributed by atoms with Gasteiger partial charge in [0, 0.05) is 29.1 Å². The molecule has 0 bridgehead atoms. The summed E-state index contributed by atoms with van der Waals surface area (Å²) in [6.07, 6.45) is 0.595. The lowest BCUT2D eigenvalue weighted by Crippen LogP contribution is -2.23. The highest BCUT2D eigenvalue weighted by atomic mass is 16.2. The maximum atomic E-state index is 12.8. The second kappa shape index (κ2) is 9.35. The first-order valence-electron chi connectivity index (χ1n) is 11.2. The van der Waals surface area contributed by atoms with Crippen molar-refractivity contribution in [1.82, 2.24) is 19.7 Å². The lowest BCUT2D eigenvalue weighted by atomic mass is 9.87. The van der Waals surface area contributed by atoms with Gasteiger partial charge in [-0.1, -0.05) is 70.2 Å². The molecule has 2 aromatic heterocycles. The lowest BCUT2D eigenvalue weighted by Gasteiger charge is -2.19. The summed E-state index contributed by atoms with van der Waals surface area (Å²) < 4.78 is 1.44. The fraction of sp³-hybridized carbons (Fsp3) is 0.231. The summed E-state index contributed by atoms with van der Waals surface area (Å²) in [7, 11) is 0. The third-order valence-corrected chi connectivity index (χ3v) is 5.37. The Balaban J connectivity index is 1.65. The summed E-state index contributed by atoms with van der Waals surface area (Å²) in [6, 6.07) is 20.1. The monoisotopic (exact) mass is 456 g/mol. The zero-order chi connectivity index (χ0) is 24.3. The number of amides is 2. The number of hydrogen-bond acceptors (Lipinski definition) is 4. The first kappa shape index (κ1) is 23.0. The van der Waals surface area contributed by atoms with Crippen LogP contribution in [0.4, 0.5) is 16.3 Å². The van der Waals surface area contributed by atoms with Gasteiger partial charge in [0.15, 0.2) is 0 Å². The molecule has 0 spiro atoms. The molecule has 2 aromatic carbocycles. The third-order valence-electron chi connectivity index (χ3n) is 5.37. The van der Waals surface area contributed by atoms with Crippen molar-refractivity contribution in [2.45, 2.75) is 39.5 Å². The number of hydrogen-bond donors (Lipinski definition) is 3. The predicted octanol–water partition coefficient (Wildman–Crippen LogP) is 5.13. The minimum absolute atomic E-state index is 0.0259. The number of nitrogens with zero attached hydrogens (tertiary/aromatic N) is 3. The molecule has 2 amide bonds. The SMILES string of the molecule is CCc1cc(=O)[nH]c(-n2nc(-c3ccccc3)cc2NC(=O)Nc2ccc(C(C)(C)C)cc2)n1. The zero-order valence-electron chi connectivity index (χ0n) is 19.7. The zero-order valence-corrected chi connectivity index (χ0v) is 19.7. The Morgan fingerprint density at radius 3 is 2.35 bits per heavy atom. The third kappa shape index (κ3) is 5.23. The average Bonchev–Trinajstić information content (AvgIpc) is 3.22. The molecule has 0 saturated carbocycles. The molecular formula is C26H28N6O2. The Morgan fingerprint density at radius 1 is 1.00 bits per heavy atom. The van der Waals surface area contributed by atoms with Crippen LogP contribution in [0.15, 0.2) is 71.5 Å². The topological polar surface area (TPSA) is 105 Å². The number of benzene rings is 2. The summed E-state index contributed by atoms with van der Waals surface area (Å²) in [6.45, 7) is 8.33. The number of nitrogens with one attached hydrogen (secondary N) is 3. The highest BCUT2D eigenvalue weighted by molar-refractivity contribution is 5.99. The summed E-state index contributed by atoms with van der Waals surface area (Å²) in [5, 5.41) is 10.3. The molecule has 174 valence electrons. The van der Waals surface area contributed by atoms with Gasteiger partial charge in [0.05, 0.1) is 5.69 Å². The molecule has 0 fully saturated rings. The molecule has 0 aliphatic rings. The lowest BCUT2D eigenvalue weighted by molar-refractivity contribution is 0.262. The maximum absolute atomic E-state index is 12.8. The van der Waals surface area contributed by atoms with E-state index in [-0.39, 0.29) is 16.9 Å². The van der Waals surface area contributed by atoms with E-state index in [1.54, 1.807) is 6.07 Å². The van der Waals surface area contributed by atoms with Crippen molar-refractivity contribution < 1.29 is 4.79 Å². The van der Waals surface area contributed by atoms with Crippen LogP contribution in [-0.4, -0.2) is 25.8 Å². The van der Waals surface area contributed by atoms with E-state index in [9.17, 15) is 9.59 Å². The molecule has 34 heavy (non-hydrogen) atoms. The van der Waals surface area contributed by atoms with Crippen molar-refractivity contribution in [3.8, 4) is 17.2 Å². The van der Waals surface area contributed by atoms with Gasteiger partial charge in [-0.3, -0.25) is 15.1 Å². The Bertz CT molecular complexity index is 1350. The van der Waals surface area contributed by atoms with E-state index in [0.29, 0.717) is 29.3 Å². The van der Waals surface area contributed by atoms with E-state index in [1.807, 2.05) is 61.5 Å². The van der Waals surface area contributed by atoms with Crippen LogP contribution in [0.3, 0.4) is 0 Å². The van der Waals surface area contributed by atoms with Gasteiger partial charge in [0.1, 0.15) is 5.82 Å². The molecule has 0 aliphatic carbocycles. The number of rotatable bonds is 5. The van der Waals surface area contributed by atoms with Gasteiger partial charge in [-0.05, 0) is 29.5 Å². The number of H-pyrrole nitrogens is 1. The van der Waals surface area contributed by atoms with E-state index in [0.717, 1.165) is 5.56 Å². The van der Waals surface area contributed by atoms with Crippen LogP contribution < -0.4 is 16.2 Å². The van der Waals surface area contributed by atoms with Gasteiger partial charge in [0.25, 0.3) is 5.56 Å². The minimum atomic E-state index is -0.432. The Labute approximate surface area is 198 Å². The molecule has 0 atom stereocenters. The molecule has 0 saturated heterocycles. The molecular weight excluding hydrogens is 428 g/mol. The number of aromatic amines is 1. The highest BCUT2D eigenvalue weighted by Gasteiger charge is 2.17. The van der Waals surface area contributed by atoms with Crippen molar-refractivity contribution in [3.63, 3.8) is 0 Å². The van der Waals surface area contributed by atoms with E-state index < -0.39 is 6.03 Å². The molecule has 2 heterocycles. The number of anilines is 2. The van der Waals surface area contributed by atoms with Gasteiger partial charge >= 0.3 is 6.03 Å². The van der Waals surface area contributed by atoms with Crippen LogP contribution in [0.25, 0.3) is 17.2 Å². The first-order chi connectivity index (χ1) is 16.2.